The Balaban J connectivity index is 1.91. The zero-order valence-electron chi connectivity index (χ0n) is 26.9. The van der Waals surface area contributed by atoms with E-state index >= 15 is 0 Å². The summed E-state index contributed by atoms with van der Waals surface area (Å²) in [4.78, 5) is 0. The Kier molecular flexibility index (Phi) is 13.0. The van der Waals surface area contributed by atoms with Crippen LogP contribution in [0.3, 0.4) is 0 Å². The Morgan fingerprint density at radius 2 is 0.977 bits per heavy atom. The third-order valence-electron chi connectivity index (χ3n) is 7.10. The number of rotatable bonds is 13. The van der Waals surface area contributed by atoms with Crippen LogP contribution < -0.4 is 28.4 Å². The molecular formula is C37H44O6. The summed E-state index contributed by atoms with van der Waals surface area (Å²) in [5, 5.41) is 0. The molecule has 6 heteroatoms. The van der Waals surface area contributed by atoms with Gasteiger partial charge in [0.25, 0.3) is 0 Å². The van der Waals surface area contributed by atoms with Crippen molar-refractivity contribution in [2.45, 2.75) is 59.3 Å². The van der Waals surface area contributed by atoms with Gasteiger partial charge in [-0.25, -0.2) is 0 Å². The number of hydrogen-bond acceptors (Lipinski definition) is 6. The predicted octanol–water partition coefficient (Wildman–Crippen LogP) is 8.16. The van der Waals surface area contributed by atoms with Gasteiger partial charge in [-0.1, -0.05) is 49.9 Å². The highest BCUT2D eigenvalue weighted by molar-refractivity contribution is 5.80. The summed E-state index contributed by atoms with van der Waals surface area (Å²) in [6.45, 7) is 6.78. The maximum Gasteiger partial charge on any atom is 0.135 e. The molecule has 3 aromatic rings. The average molecular weight is 585 g/mol. The standard InChI is InChI=1S/C37H44O6/c1-9-10-11-16-19-43-35-25-31(30-24-33(39-5)27(3)21-36(30)41-7)37(42-8)23-29(35)18-15-13-12-14-17-28-22-32(38-4)26(2)20-34(28)40-6/h20-25H,9-13,16,19H2,1-8H3. The van der Waals surface area contributed by atoms with Crippen molar-refractivity contribution < 1.29 is 28.4 Å². The van der Waals surface area contributed by atoms with Gasteiger partial charge in [0.1, 0.15) is 34.5 Å². The fraction of sp³-hybridized carbons (Fsp3) is 0.405. The van der Waals surface area contributed by atoms with E-state index in [9.17, 15) is 0 Å². The van der Waals surface area contributed by atoms with Gasteiger partial charge in [-0.15, -0.1) is 0 Å². The molecule has 0 spiro atoms. The van der Waals surface area contributed by atoms with E-state index in [1.807, 2.05) is 50.2 Å². The van der Waals surface area contributed by atoms with Gasteiger partial charge in [0.2, 0.25) is 0 Å². The van der Waals surface area contributed by atoms with Crippen LogP contribution in [0.5, 0.6) is 34.5 Å². The summed E-state index contributed by atoms with van der Waals surface area (Å²) in [6.07, 6.45) is 5.67. The molecule has 0 aliphatic rings. The van der Waals surface area contributed by atoms with Gasteiger partial charge in [0.15, 0.2) is 0 Å². The summed E-state index contributed by atoms with van der Waals surface area (Å²) in [6, 6.07) is 11.7. The first kappa shape index (κ1) is 33.1. The lowest BCUT2D eigenvalue weighted by atomic mass is 9.98. The Hall–Kier alpha value is -4.42. The fourth-order valence-corrected chi connectivity index (χ4v) is 4.72. The highest BCUT2D eigenvalue weighted by Gasteiger charge is 2.18. The van der Waals surface area contributed by atoms with Gasteiger partial charge in [-0.05, 0) is 61.7 Å². The average Bonchev–Trinajstić information content (AvgIpc) is 3.02. The van der Waals surface area contributed by atoms with Crippen molar-refractivity contribution in [3.05, 3.63) is 58.7 Å². The summed E-state index contributed by atoms with van der Waals surface area (Å²) in [7, 11) is 8.28. The molecule has 0 aromatic heterocycles. The molecule has 0 heterocycles. The molecule has 3 rings (SSSR count). The molecule has 0 radical (unpaired) electrons. The maximum absolute atomic E-state index is 6.31. The van der Waals surface area contributed by atoms with E-state index < -0.39 is 0 Å². The Morgan fingerprint density at radius 1 is 0.512 bits per heavy atom. The molecule has 0 saturated carbocycles. The summed E-state index contributed by atoms with van der Waals surface area (Å²) < 4.78 is 34.4. The van der Waals surface area contributed by atoms with Gasteiger partial charge in [0, 0.05) is 30.0 Å². The molecule has 0 aliphatic heterocycles. The smallest absolute Gasteiger partial charge is 0.135 e. The Labute approximate surface area is 257 Å². The molecule has 0 saturated heterocycles. The number of benzene rings is 3. The van der Waals surface area contributed by atoms with Crippen molar-refractivity contribution in [1.29, 1.82) is 0 Å². The van der Waals surface area contributed by atoms with Crippen LogP contribution in [-0.2, 0) is 0 Å². The van der Waals surface area contributed by atoms with Gasteiger partial charge in [0.05, 0.1) is 53.3 Å². The summed E-state index contributed by atoms with van der Waals surface area (Å²) in [5.41, 5.74) is 5.25. The SMILES string of the molecule is CCCCCCOc1cc(-c2cc(OC)c(C)cc2OC)c(OC)cc1C#CCCC#Cc1cc(OC)c(C)cc1OC. The first-order valence-corrected chi connectivity index (χ1v) is 14.7. The molecule has 3 aromatic carbocycles. The molecule has 0 atom stereocenters. The largest absolute Gasteiger partial charge is 0.496 e. The first-order valence-electron chi connectivity index (χ1n) is 14.7. The third kappa shape index (κ3) is 8.79. The van der Waals surface area contributed by atoms with Crippen molar-refractivity contribution >= 4 is 0 Å². The monoisotopic (exact) mass is 584 g/mol. The van der Waals surface area contributed by atoms with E-state index in [0.717, 1.165) is 69.2 Å². The minimum absolute atomic E-state index is 0.599. The lowest BCUT2D eigenvalue weighted by Gasteiger charge is -2.18. The van der Waals surface area contributed by atoms with Crippen LogP contribution in [0.2, 0.25) is 0 Å². The Morgan fingerprint density at radius 3 is 1.53 bits per heavy atom. The van der Waals surface area contributed by atoms with E-state index in [0.29, 0.717) is 30.9 Å². The number of methoxy groups -OCH3 is 5. The van der Waals surface area contributed by atoms with Crippen LogP contribution in [0.1, 0.15) is 67.7 Å². The normalized spacial score (nSPS) is 10.1. The van der Waals surface area contributed by atoms with Gasteiger partial charge >= 0.3 is 0 Å². The van der Waals surface area contributed by atoms with Crippen molar-refractivity contribution in [3.63, 3.8) is 0 Å². The molecule has 6 nitrogen and oxygen atoms in total. The van der Waals surface area contributed by atoms with E-state index in [2.05, 4.69) is 30.6 Å². The minimum atomic E-state index is 0.599. The van der Waals surface area contributed by atoms with Crippen LogP contribution in [0, 0.1) is 37.5 Å². The minimum Gasteiger partial charge on any atom is -0.496 e. The van der Waals surface area contributed by atoms with Gasteiger partial charge in [-0.2, -0.15) is 0 Å². The third-order valence-corrected chi connectivity index (χ3v) is 7.10. The number of aryl methyl sites for hydroxylation is 2. The van der Waals surface area contributed by atoms with Crippen LogP contribution >= 0.6 is 0 Å². The summed E-state index contributed by atoms with van der Waals surface area (Å²) in [5.74, 6) is 17.4. The predicted molar refractivity (Wildman–Crippen MR) is 173 cm³/mol. The number of unbranched alkanes of at least 4 members (excludes halogenated alkanes) is 4. The molecule has 0 N–H and O–H groups in total. The van der Waals surface area contributed by atoms with Crippen LogP contribution in [0.25, 0.3) is 11.1 Å². The van der Waals surface area contributed by atoms with Crippen LogP contribution in [0.15, 0.2) is 36.4 Å². The van der Waals surface area contributed by atoms with E-state index in [4.69, 9.17) is 28.4 Å². The molecule has 0 aliphatic carbocycles. The number of hydrogen-bond donors (Lipinski definition) is 0. The topological polar surface area (TPSA) is 55.4 Å². The second-order valence-corrected chi connectivity index (χ2v) is 10.1. The maximum atomic E-state index is 6.31. The molecular weight excluding hydrogens is 540 g/mol. The quantitative estimate of drug-likeness (QED) is 0.149. The van der Waals surface area contributed by atoms with Crippen molar-refractivity contribution in [2.75, 3.05) is 42.2 Å². The van der Waals surface area contributed by atoms with Gasteiger partial charge < -0.3 is 28.4 Å². The lowest BCUT2D eigenvalue weighted by molar-refractivity contribution is 0.304. The van der Waals surface area contributed by atoms with Crippen molar-refractivity contribution in [3.8, 4) is 69.3 Å². The molecule has 0 fully saturated rings. The van der Waals surface area contributed by atoms with E-state index in [1.165, 1.54) is 12.8 Å². The second kappa shape index (κ2) is 16.9. The number of ether oxygens (including phenoxy) is 6. The van der Waals surface area contributed by atoms with Crippen molar-refractivity contribution in [2.24, 2.45) is 0 Å². The van der Waals surface area contributed by atoms with E-state index in [1.54, 1.807) is 35.5 Å². The summed E-state index contributed by atoms with van der Waals surface area (Å²) >= 11 is 0. The molecule has 0 unspecified atom stereocenters. The molecule has 0 amide bonds. The zero-order chi connectivity index (χ0) is 31.2. The van der Waals surface area contributed by atoms with E-state index in [-0.39, 0.29) is 0 Å². The molecule has 43 heavy (non-hydrogen) atoms. The molecule has 228 valence electrons. The van der Waals surface area contributed by atoms with Gasteiger partial charge in [-0.3, -0.25) is 0 Å². The first-order chi connectivity index (χ1) is 20.9. The van der Waals surface area contributed by atoms with Crippen LogP contribution in [-0.4, -0.2) is 42.2 Å². The zero-order valence-corrected chi connectivity index (χ0v) is 26.9. The second-order valence-electron chi connectivity index (χ2n) is 10.1. The fourth-order valence-electron chi connectivity index (χ4n) is 4.72. The van der Waals surface area contributed by atoms with Crippen molar-refractivity contribution in [1.82, 2.24) is 0 Å². The van der Waals surface area contributed by atoms with Crippen LogP contribution in [0.4, 0.5) is 0 Å². The lowest BCUT2D eigenvalue weighted by Crippen LogP contribution is -2.01. The Bertz CT molecular complexity index is 1500. The highest BCUT2D eigenvalue weighted by atomic mass is 16.5. The molecule has 0 bridgehead atoms. The highest BCUT2D eigenvalue weighted by Crippen LogP contribution is 2.43.